The summed E-state index contributed by atoms with van der Waals surface area (Å²) in [6.07, 6.45) is 2.50. The second-order valence-electron chi connectivity index (χ2n) is 5.87. The van der Waals surface area contributed by atoms with Gasteiger partial charge in [-0.05, 0) is 42.9 Å². The molecule has 8 heteroatoms. The Morgan fingerprint density at radius 1 is 1.52 bits per heavy atom. The van der Waals surface area contributed by atoms with Crippen molar-refractivity contribution in [3.63, 3.8) is 0 Å². The highest BCUT2D eigenvalue weighted by Gasteiger charge is 2.32. The lowest BCUT2D eigenvalue weighted by molar-refractivity contribution is 0.153. The summed E-state index contributed by atoms with van der Waals surface area (Å²) in [5.74, 6) is 0.376. The quantitative estimate of drug-likeness (QED) is 0.754. The average molecular weight is 339 g/mol. The number of hydrogen-bond donors (Lipinski definition) is 3. The second kappa shape index (κ2) is 6.10. The molecule has 1 aliphatic heterocycles. The molecule has 0 aromatic heterocycles. The molecule has 126 valence electrons. The SMILES string of the molecule is CCCc1c(C2=NNCO2)cc2c(c1S(N)(=O)=O)C(O)CCC2. The van der Waals surface area contributed by atoms with E-state index in [2.05, 4.69) is 10.5 Å². The minimum absolute atomic E-state index is 0.0530. The molecule has 1 atom stereocenters. The first-order valence-corrected chi connectivity index (χ1v) is 9.31. The van der Waals surface area contributed by atoms with Gasteiger partial charge in [-0.25, -0.2) is 13.6 Å². The van der Waals surface area contributed by atoms with Crippen LogP contribution in [0.25, 0.3) is 0 Å². The van der Waals surface area contributed by atoms with Gasteiger partial charge in [0.25, 0.3) is 0 Å². The number of hydrazone groups is 1. The molecular formula is C15H21N3O4S. The predicted molar refractivity (Wildman–Crippen MR) is 85.3 cm³/mol. The maximum Gasteiger partial charge on any atom is 0.240 e. The summed E-state index contributed by atoms with van der Waals surface area (Å²) >= 11 is 0. The highest BCUT2D eigenvalue weighted by atomic mass is 32.2. The van der Waals surface area contributed by atoms with E-state index in [0.717, 1.165) is 18.4 Å². The van der Waals surface area contributed by atoms with Crippen LogP contribution in [-0.4, -0.2) is 26.2 Å². The molecule has 0 saturated carbocycles. The maximum atomic E-state index is 12.3. The van der Waals surface area contributed by atoms with E-state index < -0.39 is 16.1 Å². The summed E-state index contributed by atoms with van der Waals surface area (Å²) in [6.45, 7) is 2.22. The Labute approximate surface area is 135 Å². The number of hydrogen-bond acceptors (Lipinski definition) is 6. The number of aliphatic hydroxyl groups excluding tert-OH is 1. The van der Waals surface area contributed by atoms with Gasteiger partial charge in [0.2, 0.25) is 15.9 Å². The van der Waals surface area contributed by atoms with Crippen LogP contribution in [0.15, 0.2) is 16.1 Å². The van der Waals surface area contributed by atoms with Crippen molar-refractivity contribution in [2.75, 3.05) is 6.73 Å². The summed E-state index contributed by atoms with van der Waals surface area (Å²) in [7, 11) is -3.97. The fourth-order valence-corrected chi connectivity index (χ4v) is 4.49. The van der Waals surface area contributed by atoms with Gasteiger partial charge in [0, 0.05) is 11.1 Å². The molecule has 3 rings (SSSR count). The van der Waals surface area contributed by atoms with Crippen LogP contribution < -0.4 is 10.6 Å². The Balaban J connectivity index is 2.34. The summed E-state index contributed by atoms with van der Waals surface area (Å²) in [6, 6.07) is 1.89. The molecule has 0 bridgehead atoms. The van der Waals surface area contributed by atoms with Gasteiger partial charge in [0.15, 0.2) is 6.73 Å². The van der Waals surface area contributed by atoms with Gasteiger partial charge >= 0.3 is 0 Å². The number of aryl methyl sites for hydroxylation is 1. The number of sulfonamides is 1. The fourth-order valence-electron chi connectivity index (χ4n) is 3.36. The minimum atomic E-state index is -3.97. The summed E-state index contributed by atoms with van der Waals surface area (Å²) in [5.41, 5.74) is 5.21. The summed E-state index contributed by atoms with van der Waals surface area (Å²) in [5, 5.41) is 20.0. The lowest BCUT2D eigenvalue weighted by Gasteiger charge is -2.27. The zero-order chi connectivity index (χ0) is 16.6. The largest absolute Gasteiger partial charge is 0.454 e. The first-order chi connectivity index (χ1) is 10.9. The zero-order valence-electron chi connectivity index (χ0n) is 13.0. The predicted octanol–water partition coefficient (Wildman–Crippen LogP) is 0.895. The molecule has 0 spiro atoms. The van der Waals surface area contributed by atoms with Gasteiger partial charge in [-0.3, -0.25) is 5.43 Å². The van der Waals surface area contributed by atoms with Crippen molar-refractivity contribution in [2.45, 2.75) is 50.0 Å². The van der Waals surface area contributed by atoms with Crippen LogP contribution in [0.2, 0.25) is 0 Å². The molecule has 23 heavy (non-hydrogen) atoms. The summed E-state index contributed by atoms with van der Waals surface area (Å²) in [4.78, 5) is 0.0530. The lowest BCUT2D eigenvalue weighted by atomic mass is 9.85. The number of nitrogens with one attached hydrogen (secondary N) is 1. The van der Waals surface area contributed by atoms with E-state index >= 15 is 0 Å². The molecule has 0 saturated heterocycles. The fraction of sp³-hybridized carbons (Fsp3) is 0.533. The Bertz CT molecular complexity index is 758. The van der Waals surface area contributed by atoms with Crippen molar-refractivity contribution in [3.05, 3.63) is 28.3 Å². The van der Waals surface area contributed by atoms with E-state index in [1.54, 1.807) is 0 Å². The molecule has 0 radical (unpaired) electrons. The smallest absolute Gasteiger partial charge is 0.240 e. The number of primary sulfonamides is 1. The van der Waals surface area contributed by atoms with E-state index in [1.807, 2.05) is 13.0 Å². The molecule has 1 aliphatic carbocycles. The molecule has 4 N–H and O–H groups in total. The van der Waals surface area contributed by atoms with Crippen molar-refractivity contribution in [2.24, 2.45) is 10.2 Å². The van der Waals surface area contributed by atoms with Crippen LogP contribution in [0.1, 0.15) is 54.5 Å². The second-order valence-corrected chi connectivity index (χ2v) is 7.37. The van der Waals surface area contributed by atoms with Gasteiger partial charge in [-0.1, -0.05) is 13.3 Å². The summed E-state index contributed by atoms with van der Waals surface area (Å²) < 4.78 is 30.0. The van der Waals surface area contributed by atoms with Crippen LogP contribution >= 0.6 is 0 Å². The number of ether oxygens (including phenoxy) is 1. The number of aliphatic hydroxyl groups is 1. The Morgan fingerprint density at radius 2 is 2.30 bits per heavy atom. The maximum absolute atomic E-state index is 12.3. The monoisotopic (exact) mass is 339 g/mol. The molecule has 2 aliphatic rings. The first-order valence-electron chi connectivity index (χ1n) is 7.76. The van der Waals surface area contributed by atoms with Crippen molar-refractivity contribution in [1.82, 2.24) is 5.43 Å². The highest BCUT2D eigenvalue weighted by molar-refractivity contribution is 7.89. The number of benzene rings is 1. The average Bonchev–Trinajstić information content (AvgIpc) is 3.00. The van der Waals surface area contributed by atoms with Gasteiger partial charge < -0.3 is 9.84 Å². The Hall–Kier alpha value is -1.64. The van der Waals surface area contributed by atoms with Crippen LogP contribution in [0.4, 0.5) is 0 Å². The van der Waals surface area contributed by atoms with E-state index in [4.69, 9.17) is 9.88 Å². The molecule has 1 aromatic rings. The standard InChI is InChI=1S/C15H21N3O4S/c1-2-4-10-11(15-18-17-8-22-15)7-9-5-3-6-12(19)13(9)14(10)23(16,20)21/h7,12,17,19H,2-6,8H2,1H3,(H2,16,20,21). The van der Waals surface area contributed by atoms with E-state index in [9.17, 15) is 13.5 Å². The van der Waals surface area contributed by atoms with Crippen LogP contribution in [0.5, 0.6) is 0 Å². The first kappa shape index (κ1) is 16.2. The highest BCUT2D eigenvalue weighted by Crippen LogP contribution is 2.38. The van der Waals surface area contributed by atoms with Gasteiger partial charge in [-0.2, -0.15) is 0 Å². The molecule has 1 aromatic carbocycles. The Morgan fingerprint density at radius 3 is 2.91 bits per heavy atom. The normalized spacial score (nSPS) is 20.5. The third kappa shape index (κ3) is 2.93. The molecular weight excluding hydrogens is 318 g/mol. The third-order valence-electron chi connectivity index (χ3n) is 4.23. The van der Waals surface area contributed by atoms with Crippen LogP contribution in [0.3, 0.4) is 0 Å². The number of rotatable bonds is 4. The van der Waals surface area contributed by atoms with Crippen LogP contribution in [-0.2, 0) is 27.6 Å². The molecule has 0 amide bonds. The van der Waals surface area contributed by atoms with Crippen molar-refractivity contribution in [3.8, 4) is 0 Å². The van der Waals surface area contributed by atoms with Crippen molar-refractivity contribution >= 4 is 15.9 Å². The number of nitrogens with zero attached hydrogens (tertiary/aromatic N) is 1. The van der Waals surface area contributed by atoms with Crippen LogP contribution in [0, 0.1) is 0 Å². The van der Waals surface area contributed by atoms with Crippen molar-refractivity contribution < 1.29 is 18.3 Å². The number of nitrogens with two attached hydrogens (primary N) is 1. The van der Waals surface area contributed by atoms with Gasteiger partial charge in [0.1, 0.15) is 0 Å². The molecule has 0 fully saturated rings. The lowest BCUT2D eigenvalue weighted by Crippen LogP contribution is -2.24. The third-order valence-corrected chi connectivity index (χ3v) is 5.27. The van der Waals surface area contributed by atoms with Crippen molar-refractivity contribution in [1.29, 1.82) is 0 Å². The number of fused-ring (bicyclic) bond motifs is 1. The molecule has 1 heterocycles. The van der Waals surface area contributed by atoms with Gasteiger partial charge in [-0.15, -0.1) is 5.10 Å². The van der Waals surface area contributed by atoms with Gasteiger partial charge in [0.05, 0.1) is 11.0 Å². The Kier molecular flexibility index (Phi) is 4.31. The topological polar surface area (TPSA) is 114 Å². The van der Waals surface area contributed by atoms with E-state index in [0.29, 0.717) is 41.9 Å². The molecule has 7 nitrogen and oxygen atoms in total. The van der Waals surface area contributed by atoms with E-state index in [-0.39, 0.29) is 11.6 Å². The molecule has 1 unspecified atom stereocenters. The zero-order valence-corrected chi connectivity index (χ0v) is 13.8. The minimum Gasteiger partial charge on any atom is -0.454 e. The van der Waals surface area contributed by atoms with E-state index in [1.165, 1.54) is 0 Å².